The molecule has 27 heavy (non-hydrogen) atoms. The molecule has 132 valence electrons. The zero-order valence-corrected chi connectivity index (χ0v) is 15.9. The molecule has 4 rings (SSSR count). The number of rotatable bonds is 3. The number of nitrogens with zero attached hydrogens (tertiary/aromatic N) is 4. The maximum absolute atomic E-state index is 4.95. The molecule has 0 saturated heterocycles. The van der Waals surface area contributed by atoms with Crippen LogP contribution >= 0.6 is 0 Å². The van der Waals surface area contributed by atoms with Gasteiger partial charge in [0.15, 0.2) is 37.2 Å². The second kappa shape index (κ2) is 7.08. The van der Waals surface area contributed by atoms with E-state index >= 15 is 0 Å². The monoisotopic (exact) mass is 355 g/mol. The van der Waals surface area contributed by atoms with Crippen molar-refractivity contribution in [3.63, 3.8) is 0 Å². The van der Waals surface area contributed by atoms with E-state index in [1.165, 1.54) is 5.56 Å². The van der Waals surface area contributed by atoms with Crippen LogP contribution in [0.5, 0.6) is 0 Å². The van der Waals surface area contributed by atoms with Gasteiger partial charge in [-0.2, -0.15) is 0 Å². The first-order valence-electron chi connectivity index (χ1n) is 8.97. The fraction of sp³-hybridized carbons (Fsp3) is 0.130. The Balaban J connectivity index is 1.89. The molecule has 4 aromatic heterocycles. The minimum absolute atomic E-state index is 0.976. The van der Waals surface area contributed by atoms with Gasteiger partial charge in [-0.1, -0.05) is 0 Å². The van der Waals surface area contributed by atoms with Crippen LogP contribution in [-0.2, 0) is 21.1 Å². The Bertz CT molecular complexity index is 913. The van der Waals surface area contributed by atoms with Crippen molar-refractivity contribution in [2.75, 3.05) is 0 Å². The lowest BCUT2D eigenvalue weighted by Crippen LogP contribution is -2.25. The molecule has 4 heterocycles. The lowest BCUT2D eigenvalue weighted by atomic mass is 10.0. The molecule has 4 aromatic rings. The molecule has 0 bridgehead atoms. The van der Waals surface area contributed by atoms with Crippen LogP contribution < -0.4 is 13.7 Å². The summed E-state index contributed by atoms with van der Waals surface area (Å²) in [4.78, 5) is 4.95. The average Bonchev–Trinajstić information content (AvgIpc) is 2.69. The van der Waals surface area contributed by atoms with Crippen molar-refractivity contribution in [1.82, 2.24) is 4.98 Å². The first-order chi connectivity index (χ1) is 13.1. The summed E-state index contributed by atoms with van der Waals surface area (Å²) >= 11 is 0. The van der Waals surface area contributed by atoms with E-state index in [1.807, 2.05) is 59.6 Å². The molecule has 0 aliphatic rings. The highest BCUT2D eigenvalue weighted by Gasteiger charge is 2.11. The largest absolute Gasteiger partial charge is 0.248 e. The van der Waals surface area contributed by atoms with E-state index in [1.54, 1.807) is 0 Å². The number of pyridine rings is 4. The normalized spacial score (nSPS) is 10.8. The van der Waals surface area contributed by atoms with Gasteiger partial charge in [0.25, 0.3) is 0 Å². The molecule has 0 atom stereocenters. The standard InChI is InChI=1S/C23H23N4/c1-25-10-4-18(5-11-25)21-16-22(19-6-12-26(2)13-7-19)24-23(17-21)20-8-14-27(3)15-9-20/h4-17H,1-3H3/q+3. The first kappa shape index (κ1) is 17.0. The molecule has 0 N–H and O–H groups in total. The van der Waals surface area contributed by atoms with Crippen LogP contribution in [0.15, 0.2) is 85.7 Å². The van der Waals surface area contributed by atoms with Crippen molar-refractivity contribution in [2.24, 2.45) is 21.1 Å². The lowest BCUT2D eigenvalue weighted by Gasteiger charge is -2.09. The molecule has 4 nitrogen and oxygen atoms in total. The molecule has 0 aliphatic heterocycles. The third-order valence-electron chi connectivity index (χ3n) is 4.69. The molecule has 0 spiro atoms. The fourth-order valence-corrected chi connectivity index (χ4v) is 3.03. The highest BCUT2D eigenvalue weighted by molar-refractivity contribution is 5.75. The van der Waals surface area contributed by atoms with E-state index in [4.69, 9.17) is 4.98 Å². The maximum Gasteiger partial charge on any atom is 0.169 e. The summed E-state index contributed by atoms with van der Waals surface area (Å²) in [6, 6.07) is 17.0. The molecule has 4 heteroatoms. The minimum atomic E-state index is 0.976. The van der Waals surface area contributed by atoms with Gasteiger partial charge in [-0.15, -0.1) is 0 Å². The van der Waals surface area contributed by atoms with E-state index in [2.05, 4.69) is 60.9 Å². The third-order valence-corrected chi connectivity index (χ3v) is 4.69. The molecule has 0 fully saturated rings. The topological polar surface area (TPSA) is 24.5 Å². The third kappa shape index (κ3) is 3.75. The summed E-state index contributed by atoms with van der Waals surface area (Å²) in [5, 5.41) is 0. The van der Waals surface area contributed by atoms with Crippen molar-refractivity contribution in [1.29, 1.82) is 0 Å². The zero-order chi connectivity index (χ0) is 18.8. The van der Waals surface area contributed by atoms with Crippen LogP contribution in [-0.4, -0.2) is 4.98 Å². The summed E-state index contributed by atoms with van der Waals surface area (Å²) in [5.74, 6) is 0. The highest BCUT2D eigenvalue weighted by atomic mass is 14.9. The van der Waals surface area contributed by atoms with Crippen LogP contribution in [0.1, 0.15) is 0 Å². The SMILES string of the molecule is C[n+]1ccc(-c2cc(-c3cc[n+](C)cc3)nc(-c3cc[n+](C)cc3)c2)cc1. The van der Waals surface area contributed by atoms with E-state index in [0.29, 0.717) is 0 Å². The predicted molar refractivity (Wildman–Crippen MR) is 104 cm³/mol. The Morgan fingerprint density at radius 1 is 0.481 bits per heavy atom. The summed E-state index contributed by atoms with van der Waals surface area (Å²) in [6.07, 6.45) is 12.3. The summed E-state index contributed by atoms with van der Waals surface area (Å²) in [7, 11) is 6.07. The maximum atomic E-state index is 4.95. The van der Waals surface area contributed by atoms with Gasteiger partial charge >= 0.3 is 0 Å². The fourth-order valence-electron chi connectivity index (χ4n) is 3.03. The van der Waals surface area contributed by atoms with Gasteiger partial charge in [-0.3, -0.25) is 0 Å². The number of aromatic nitrogens is 4. The van der Waals surface area contributed by atoms with E-state index in [-0.39, 0.29) is 0 Å². The van der Waals surface area contributed by atoms with Gasteiger partial charge in [-0.05, 0) is 23.3 Å². The van der Waals surface area contributed by atoms with Gasteiger partial charge in [-0.25, -0.2) is 18.7 Å². The van der Waals surface area contributed by atoms with E-state index in [9.17, 15) is 0 Å². The molecule has 0 saturated carbocycles. The quantitative estimate of drug-likeness (QED) is 0.519. The van der Waals surface area contributed by atoms with Crippen molar-refractivity contribution < 1.29 is 13.7 Å². The van der Waals surface area contributed by atoms with Gasteiger partial charge in [0, 0.05) is 47.5 Å². The van der Waals surface area contributed by atoms with Crippen LogP contribution in [0.4, 0.5) is 0 Å². The van der Waals surface area contributed by atoms with Crippen LogP contribution in [0, 0.1) is 0 Å². The molecular formula is C23H23N4+3. The average molecular weight is 355 g/mol. The number of hydrogen-bond donors (Lipinski definition) is 0. The second-order valence-corrected chi connectivity index (χ2v) is 6.88. The molecule has 0 aliphatic carbocycles. The predicted octanol–water partition coefficient (Wildman–Crippen LogP) is 2.56. The Hall–Kier alpha value is -3.40. The van der Waals surface area contributed by atoms with Crippen LogP contribution in [0.3, 0.4) is 0 Å². The van der Waals surface area contributed by atoms with Gasteiger partial charge in [0.1, 0.15) is 21.1 Å². The number of aryl methyl sites for hydroxylation is 3. The summed E-state index contributed by atoms with van der Waals surface area (Å²) < 4.78 is 6.10. The van der Waals surface area contributed by atoms with Crippen molar-refractivity contribution >= 4 is 0 Å². The van der Waals surface area contributed by atoms with E-state index in [0.717, 1.165) is 28.1 Å². The molecule has 0 aromatic carbocycles. The van der Waals surface area contributed by atoms with Crippen molar-refractivity contribution in [2.45, 2.75) is 0 Å². The van der Waals surface area contributed by atoms with Crippen molar-refractivity contribution in [3.05, 3.63) is 85.7 Å². The Labute approximate surface area is 159 Å². The number of hydrogen-bond acceptors (Lipinski definition) is 1. The van der Waals surface area contributed by atoms with Crippen molar-refractivity contribution in [3.8, 4) is 33.6 Å². The summed E-state index contributed by atoms with van der Waals surface area (Å²) in [6.45, 7) is 0. The van der Waals surface area contributed by atoms with E-state index < -0.39 is 0 Å². The smallest absolute Gasteiger partial charge is 0.169 e. The first-order valence-corrected chi connectivity index (χ1v) is 8.97. The lowest BCUT2D eigenvalue weighted by molar-refractivity contribution is -0.671. The Kier molecular flexibility index (Phi) is 4.47. The molecule has 0 unspecified atom stereocenters. The summed E-state index contributed by atoms with van der Waals surface area (Å²) in [5.41, 5.74) is 6.52. The van der Waals surface area contributed by atoms with Crippen LogP contribution in [0.25, 0.3) is 33.6 Å². The van der Waals surface area contributed by atoms with Gasteiger partial charge in [0.05, 0.1) is 11.4 Å². The Morgan fingerprint density at radius 3 is 1.19 bits per heavy atom. The van der Waals surface area contributed by atoms with Gasteiger partial charge < -0.3 is 0 Å². The minimum Gasteiger partial charge on any atom is -0.248 e. The van der Waals surface area contributed by atoms with Crippen LogP contribution in [0.2, 0.25) is 0 Å². The zero-order valence-electron chi connectivity index (χ0n) is 15.9. The Morgan fingerprint density at radius 2 is 0.815 bits per heavy atom. The van der Waals surface area contributed by atoms with Gasteiger partial charge in [0.2, 0.25) is 0 Å². The molecule has 0 radical (unpaired) electrons. The highest BCUT2D eigenvalue weighted by Crippen LogP contribution is 2.29. The molecular weight excluding hydrogens is 332 g/mol. The second-order valence-electron chi connectivity index (χ2n) is 6.88. The molecule has 0 amide bonds.